The van der Waals surface area contributed by atoms with Crippen LogP contribution in [0, 0.1) is 12.3 Å². The van der Waals surface area contributed by atoms with Gasteiger partial charge in [0.25, 0.3) is 0 Å². The largest absolute Gasteiger partial charge is 0.418 e. The summed E-state index contributed by atoms with van der Waals surface area (Å²) in [6.45, 7) is 0. The van der Waals surface area contributed by atoms with Gasteiger partial charge in [0.2, 0.25) is 0 Å². The number of aromatic nitrogens is 1. The van der Waals surface area contributed by atoms with E-state index in [-0.39, 0.29) is 27.6 Å². The predicted molar refractivity (Wildman–Crippen MR) is 81.7 cm³/mol. The van der Waals surface area contributed by atoms with E-state index >= 15 is 0 Å². The van der Waals surface area contributed by atoms with Crippen molar-refractivity contribution in [3.63, 3.8) is 0 Å². The monoisotopic (exact) mass is 353 g/mol. The summed E-state index contributed by atoms with van der Waals surface area (Å²) < 4.78 is 78.6. The lowest BCUT2D eigenvalue weighted by molar-refractivity contribution is -0.138. The van der Waals surface area contributed by atoms with Gasteiger partial charge in [-0.2, -0.15) is 26.3 Å². The van der Waals surface area contributed by atoms with Gasteiger partial charge < -0.3 is 4.98 Å². The van der Waals surface area contributed by atoms with Crippen molar-refractivity contribution in [3.8, 4) is 23.5 Å². The number of benzene rings is 2. The number of terminal acetylenes is 1. The van der Waals surface area contributed by atoms with Gasteiger partial charge in [-0.3, -0.25) is 0 Å². The van der Waals surface area contributed by atoms with Gasteiger partial charge in [0.1, 0.15) is 0 Å². The molecule has 0 aliphatic heterocycles. The van der Waals surface area contributed by atoms with E-state index in [1.165, 1.54) is 18.3 Å². The first-order chi connectivity index (χ1) is 11.6. The molecule has 0 aliphatic carbocycles. The third-order valence-electron chi connectivity index (χ3n) is 3.77. The van der Waals surface area contributed by atoms with Gasteiger partial charge in [-0.25, -0.2) is 0 Å². The fourth-order valence-electron chi connectivity index (χ4n) is 2.62. The number of hydrogen-bond acceptors (Lipinski definition) is 0. The van der Waals surface area contributed by atoms with Crippen LogP contribution in [0.5, 0.6) is 0 Å². The summed E-state index contributed by atoms with van der Waals surface area (Å²) in [5.41, 5.74) is -1.90. The normalized spacial score (nSPS) is 12.4. The van der Waals surface area contributed by atoms with Crippen LogP contribution in [0.2, 0.25) is 0 Å². The zero-order valence-electron chi connectivity index (χ0n) is 12.4. The van der Waals surface area contributed by atoms with Crippen LogP contribution in [0.15, 0.2) is 42.6 Å². The first-order valence-electron chi connectivity index (χ1n) is 6.98. The van der Waals surface area contributed by atoms with Crippen LogP contribution in [0.25, 0.3) is 22.0 Å². The fraction of sp³-hybridized carbons (Fsp3) is 0.111. The molecule has 3 rings (SSSR count). The molecule has 0 amide bonds. The summed E-state index contributed by atoms with van der Waals surface area (Å²) in [6, 6.07) is 6.30. The van der Waals surface area contributed by atoms with E-state index in [4.69, 9.17) is 6.42 Å². The molecule has 2 aromatic carbocycles. The van der Waals surface area contributed by atoms with Gasteiger partial charge in [-0.1, -0.05) is 18.1 Å². The molecule has 0 atom stereocenters. The molecule has 0 bridgehead atoms. The molecule has 1 heterocycles. The molecule has 1 N–H and O–H groups in total. The van der Waals surface area contributed by atoms with E-state index < -0.39 is 23.5 Å². The number of halogens is 6. The van der Waals surface area contributed by atoms with Gasteiger partial charge in [0.15, 0.2) is 0 Å². The summed E-state index contributed by atoms with van der Waals surface area (Å²) in [5, 5.41) is 0.129. The smallest absolute Gasteiger partial charge is 0.359 e. The van der Waals surface area contributed by atoms with E-state index in [1.54, 1.807) is 0 Å². The van der Waals surface area contributed by atoms with Gasteiger partial charge >= 0.3 is 12.4 Å². The fourth-order valence-corrected chi connectivity index (χ4v) is 2.62. The highest BCUT2D eigenvalue weighted by atomic mass is 19.4. The zero-order valence-corrected chi connectivity index (χ0v) is 12.4. The van der Waals surface area contributed by atoms with Crippen molar-refractivity contribution in [2.24, 2.45) is 0 Å². The Morgan fingerprint density at radius 1 is 0.880 bits per heavy atom. The maximum Gasteiger partial charge on any atom is 0.418 e. The first-order valence-corrected chi connectivity index (χ1v) is 6.98. The number of fused-ring (bicyclic) bond motifs is 1. The SMILES string of the molecule is C#Cc1c[nH]c2c(C(F)(F)F)cc(-c3cccc(C(F)(F)F)c3)cc12. The minimum atomic E-state index is -4.69. The standard InChI is InChI=1S/C18H9F6N/c1-2-10-9-25-16-14(10)7-12(8-15(16)18(22,23)24)11-4-3-5-13(6-11)17(19,20)21/h1,3-9,25H. The molecule has 0 saturated heterocycles. The van der Waals surface area contributed by atoms with E-state index in [0.29, 0.717) is 0 Å². The third-order valence-corrected chi connectivity index (χ3v) is 3.77. The summed E-state index contributed by atoms with van der Waals surface area (Å²) in [6.07, 6.45) is -2.73. The molecule has 0 spiro atoms. The van der Waals surface area contributed by atoms with Crippen molar-refractivity contribution < 1.29 is 26.3 Å². The lowest BCUT2D eigenvalue weighted by Crippen LogP contribution is -2.07. The number of hydrogen-bond donors (Lipinski definition) is 1. The second-order valence-corrected chi connectivity index (χ2v) is 5.37. The number of alkyl halides is 6. The van der Waals surface area contributed by atoms with Crippen molar-refractivity contribution in [1.29, 1.82) is 0 Å². The summed E-state index contributed by atoms with van der Waals surface area (Å²) in [7, 11) is 0. The Hall–Kier alpha value is -2.88. The second-order valence-electron chi connectivity index (χ2n) is 5.37. The molecule has 128 valence electrons. The maximum atomic E-state index is 13.3. The van der Waals surface area contributed by atoms with Crippen LogP contribution in [-0.4, -0.2) is 4.98 Å². The lowest BCUT2D eigenvalue weighted by atomic mass is 9.97. The number of H-pyrrole nitrogens is 1. The summed E-state index contributed by atoms with van der Waals surface area (Å²) in [5.74, 6) is 2.26. The molecule has 0 aliphatic rings. The van der Waals surface area contributed by atoms with Crippen molar-refractivity contribution in [2.75, 3.05) is 0 Å². The maximum absolute atomic E-state index is 13.3. The Morgan fingerprint density at radius 2 is 1.60 bits per heavy atom. The highest BCUT2D eigenvalue weighted by molar-refractivity contribution is 5.93. The quantitative estimate of drug-likeness (QED) is 0.417. The van der Waals surface area contributed by atoms with Crippen LogP contribution in [0.3, 0.4) is 0 Å². The van der Waals surface area contributed by atoms with Crippen molar-refractivity contribution >= 4 is 10.9 Å². The van der Waals surface area contributed by atoms with Crippen LogP contribution in [0.1, 0.15) is 16.7 Å². The van der Waals surface area contributed by atoms with Gasteiger partial charge in [-0.05, 0) is 35.4 Å². The second kappa shape index (κ2) is 5.59. The molecule has 1 aromatic heterocycles. The van der Waals surface area contributed by atoms with Crippen LogP contribution >= 0.6 is 0 Å². The predicted octanol–water partition coefficient (Wildman–Crippen LogP) is 5.85. The first kappa shape index (κ1) is 17.0. The highest BCUT2D eigenvalue weighted by Gasteiger charge is 2.35. The molecule has 0 fully saturated rings. The molecule has 25 heavy (non-hydrogen) atoms. The van der Waals surface area contributed by atoms with E-state index in [0.717, 1.165) is 24.3 Å². The summed E-state index contributed by atoms with van der Waals surface area (Å²) in [4.78, 5) is 2.49. The van der Waals surface area contributed by atoms with Gasteiger partial charge in [0, 0.05) is 17.1 Å². The minimum absolute atomic E-state index is 0.00187. The molecule has 7 heteroatoms. The minimum Gasteiger partial charge on any atom is -0.359 e. The summed E-state index contributed by atoms with van der Waals surface area (Å²) >= 11 is 0. The van der Waals surface area contributed by atoms with E-state index in [1.807, 2.05) is 0 Å². The average molecular weight is 353 g/mol. The van der Waals surface area contributed by atoms with Crippen LogP contribution < -0.4 is 0 Å². The van der Waals surface area contributed by atoms with Crippen molar-refractivity contribution in [3.05, 3.63) is 59.3 Å². The van der Waals surface area contributed by atoms with E-state index in [9.17, 15) is 26.3 Å². The van der Waals surface area contributed by atoms with Crippen LogP contribution in [-0.2, 0) is 12.4 Å². The number of rotatable bonds is 1. The Labute approximate surface area is 138 Å². The van der Waals surface area contributed by atoms with Crippen molar-refractivity contribution in [1.82, 2.24) is 4.98 Å². The molecule has 1 nitrogen and oxygen atoms in total. The third kappa shape index (κ3) is 3.07. The average Bonchev–Trinajstić information content (AvgIpc) is 2.95. The molecule has 0 unspecified atom stereocenters. The number of aromatic amines is 1. The van der Waals surface area contributed by atoms with E-state index in [2.05, 4.69) is 10.9 Å². The van der Waals surface area contributed by atoms with Gasteiger partial charge in [0.05, 0.1) is 16.6 Å². The highest BCUT2D eigenvalue weighted by Crippen LogP contribution is 2.39. The van der Waals surface area contributed by atoms with Gasteiger partial charge in [-0.15, -0.1) is 6.42 Å². The topological polar surface area (TPSA) is 15.8 Å². The Morgan fingerprint density at radius 3 is 2.20 bits per heavy atom. The molecule has 0 radical (unpaired) electrons. The number of nitrogens with one attached hydrogen (secondary N) is 1. The Balaban J connectivity index is 2.29. The lowest BCUT2D eigenvalue weighted by Gasteiger charge is -2.13. The Kier molecular flexibility index (Phi) is 3.79. The van der Waals surface area contributed by atoms with Crippen LogP contribution in [0.4, 0.5) is 26.3 Å². The molecule has 0 saturated carbocycles. The zero-order chi connectivity index (χ0) is 18.4. The molecule has 3 aromatic rings. The van der Waals surface area contributed by atoms with Crippen molar-refractivity contribution in [2.45, 2.75) is 12.4 Å². The Bertz CT molecular complexity index is 985. The molecular weight excluding hydrogens is 344 g/mol. The molecular formula is C18H9F6N.